The molecule has 0 radical (unpaired) electrons. The number of rotatable bonds is 5. The average molecular weight is 387 g/mol. The predicted octanol–water partition coefficient (Wildman–Crippen LogP) is 4.28. The van der Waals surface area contributed by atoms with Gasteiger partial charge in [-0.05, 0) is 54.5 Å². The Balaban J connectivity index is 1.37. The SMILES string of the molecule is O=C(CN1CCc2ccccc21)N1N=C(/C=C\c2ccco2)C[C@H]1c1ccco1. The maximum absolute atomic E-state index is 13.2. The molecule has 29 heavy (non-hydrogen) atoms. The highest BCUT2D eigenvalue weighted by Crippen LogP contribution is 2.33. The van der Waals surface area contributed by atoms with Gasteiger partial charge in [-0.2, -0.15) is 5.10 Å². The van der Waals surface area contributed by atoms with E-state index in [4.69, 9.17) is 8.83 Å². The molecule has 146 valence electrons. The third-order valence-corrected chi connectivity index (χ3v) is 5.35. The van der Waals surface area contributed by atoms with Crippen LogP contribution in [-0.2, 0) is 11.2 Å². The van der Waals surface area contributed by atoms with E-state index in [9.17, 15) is 4.79 Å². The number of furan rings is 2. The van der Waals surface area contributed by atoms with Crippen molar-refractivity contribution in [3.05, 3.63) is 84.2 Å². The molecular weight excluding hydrogens is 366 g/mol. The van der Waals surface area contributed by atoms with Gasteiger partial charge < -0.3 is 13.7 Å². The maximum atomic E-state index is 13.2. The molecule has 1 atom stereocenters. The normalized spacial score (nSPS) is 18.5. The van der Waals surface area contributed by atoms with E-state index in [1.165, 1.54) is 5.56 Å². The van der Waals surface area contributed by atoms with E-state index in [1.54, 1.807) is 17.5 Å². The molecule has 2 aliphatic rings. The number of amides is 1. The fourth-order valence-corrected chi connectivity index (χ4v) is 3.94. The zero-order chi connectivity index (χ0) is 19.6. The number of carbonyl (C=O) groups excluding carboxylic acids is 1. The van der Waals surface area contributed by atoms with Gasteiger partial charge in [0, 0.05) is 18.7 Å². The molecule has 6 nitrogen and oxygen atoms in total. The molecule has 0 saturated heterocycles. The lowest BCUT2D eigenvalue weighted by atomic mass is 10.1. The first-order chi connectivity index (χ1) is 14.3. The molecule has 0 unspecified atom stereocenters. The smallest absolute Gasteiger partial charge is 0.262 e. The number of hydrogen-bond donors (Lipinski definition) is 0. The summed E-state index contributed by atoms with van der Waals surface area (Å²) in [5.74, 6) is 1.45. The summed E-state index contributed by atoms with van der Waals surface area (Å²) >= 11 is 0. The van der Waals surface area contributed by atoms with Crippen LogP contribution in [0.2, 0.25) is 0 Å². The Hall–Kier alpha value is -3.54. The standard InChI is InChI=1S/C23H21N3O3/c27-23(16-25-12-11-17-5-1-2-7-20(17)25)26-21(22-8-4-14-29-22)15-18(24-26)9-10-19-6-3-13-28-19/h1-10,13-14,21H,11-12,15-16H2/b10-9-/t21-/m0/s1. The minimum atomic E-state index is -0.230. The second kappa shape index (κ2) is 7.47. The molecule has 1 amide bonds. The lowest BCUT2D eigenvalue weighted by Gasteiger charge is -2.24. The molecule has 1 aromatic carbocycles. The van der Waals surface area contributed by atoms with Crippen LogP contribution < -0.4 is 4.90 Å². The third-order valence-electron chi connectivity index (χ3n) is 5.35. The van der Waals surface area contributed by atoms with E-state index < -0.39 is 0 Å². The third kappa shape index (κ3) is 3.49. The Kier molecular flexibility index (Phi) is 4.52. The molecule has 3 aromatic rings. The van der Waals surface area contributed by atoms with E-state index in [-0.39, 0.29) is 11.9 Å². The maximum Gasteiger partial charge on any atom is 0.262 e. The van der Waals surface area contributed by atoms with E-state index in [0.29, 0.717) is 13.0 Å². The zero-order valence-electron chi connectivity index (χ0n) is 15.9. The fraction of sp³-hybridized carbons (Fsp3) is 0.217. The van der Waals surface area contributed by atoms with E-state index in [1.807, 2.05) is 48.6 Å². The fourth-order valence-electron chi connectivity index (χ4n) is 3.94. The highest BCUT2D eigenvalue weighted by atomic mass is 16.3. The number of nitrogens with zero attached hydrogens (tertiary/aromatic N) is 3. The number of allylic oxidation sites excluding steroid dienone is 1. The molecule has 0 saturated carbocycles. The topological polar surface area (TPSA) is 62.2 Å². The van der Waals surface area contributed by atoms with Crippen LogP contribution >= 0.6 is 0 Å². The van der Waals surface area contributed by atoms with Gasteiger partial charge in [0.25, 0.3) is 5.91 Å². The summed E-state index contributed by atoms with van der Waals surface area (Å²) in [5, 5.41) is 6.18. The number of para-hydroxylation sites is 1. The molecule has 6 heteroatoms. The van der Waals surface area contributed by atoms with E-state index in [2.05, 4.69) is 22.1 Å². The number of hydrazone groups is 1. The first-order valence-corrected chi connectivity index (χ1v) is 9.75. The average Bonchev–Trinajstić information content (AvgIpc) is 3.53. The van der Waals surface area contributed by atoms with Crippen molar-refractivity contribution < 1.29 is 13.6 Å². The number of benzene rings is 1. The van der Waals surface area contributed by atoms with Crippen LogP contribution in [0.1, 0.15) is 29.5 Å². The van der Waals surface area contributed by atoms with Gasteiger partial charge in [0.2, 0.25) is 0 Å². The van der Waals surface area contributed by atoms with Gasteiger partial charge in [-0.15, -0.1) is 0 Å². The highest BCUT2D eigenvalue weighted by molar-refractivity contribution is 6.01. The van der Waals surface area contributed by atoms with Crippen LogP contribution in [0, 0.1) is 0 Å². The molecular formula is C23H21N3O3. The Morgan fingerprint density at radius 1 is 1.07 bits per heavy atom. The van der Waals surface area contributed by atoms with Crippen molar-refractivity contribution >= 4 is 23.4 Å². The molecule has 0 bridgehead atoms. The largest absolute Gasteiger partial charge is 0.467 e. The highest BCUT2D eigenvalue weighted by Gasteiger charge is 2.35. The molecule has 2 aromatic heterocycles. The molecule has 0 aliphatic carbocycles. The van der Waals surface area contributed by atoms with Crippen molar-refractivity contribution in [1.82, 2.24) is 5.01 Å². The molecule has 0 fully saturated rings. The van der Waals surface area contributed by atoms with E-state index >= 15 is 0 Å². The van der Waals surface area contributed by atoms with Crippen molar-refractivity contribution in [2.75, 3.05) is 18.0 Å². The summed E-state index contributed by atoms with van der Waals surface area (Å²) < 4.78 is 10.9. The van der Waals surface area contributed by atoms with Gasteiger partial charge >= 0.3 is 0 Å². The van der Waals surface area contributed by atoms with Gasteiger partial charge in [-0.25, -0.2) is 5.01 Å². The Morgan fingerprint density at radius 3 is 2.76 bits per heavy atom. The van der Waals surface area contributed by atoms with Gasteiger partial charge in [-0.1, -0.05) is 18.2 Å². The van der Waals surface area contributed by atoms with Crippen LogP contribution in [0.3, 0.4) is 0 Å². The van der Waals surface area contributed by atoms with E-state index in [0.717, 1.165) is 35.9 Å². The summed E-state index contributed by atoms with van der Waals surface area (Å²) in [6.45, 7) is 1.15. The van der Waals surface area contributed by atoms with Crippen LogP contribution in [0.5, 0.6) is 0 Å². The van der Waals surface area contributed by atoms with Gasteiger partial charge in [0.05, 0.1) is 24.8 Å². The first kappa shape index (κ1) is 17.6. The predicted molar refractivity (Wildman–Crippen MR) is 110 cm³/mol. The quantitative estimate of drug-likeness (QED) is 0.656. The molecule has 5 rings (SSSR count). The van der Waals surface area contributed by atoms with Gasteiger partial charge in [0.15, 0.2) is 0 Å². The van der Waals surface area contributed by atoms with Gasteiger partial charge in [0.1, 0.15) is 17.6 Å². The minimum Gasteiger partial charge on any atom is -0.467 e. The number of hydrogen-bond acceptors (Lipinski definition) is 5. The van der Waals surface area contributed by atoms with Crippen molar-refractivity contribution in [1.29, 1.82) is 0 Å². The second-order valence-corrected chi connectivity index (χ2v) is 7.21. The number of carbonyl (C=O) groups is 1. The lowest BCUT2D eigenvalue weighted by molar-refractivity contribution is -0.131. The Morgan fingerprint density at radius 2 is 1.93 bits per heavy atom. The second-order valence-electron chi connectivity index (χ2n) is 7.21. The number of anilines is 1. The van der Waals surface area contributed by atoms with Crippen LogP contribution in [0.25, 0.3) is 6.08 Å². The first-order valence-electron chi connectivity index (χ1n) is 9.75. The summed E-state index contributed by atoms with van der Waals surface area (Å²) in [5.41, 5.74) is 3.24. The molecule has 0 N–H and O–H groups in total. The molecule has 0 spiro atoms. The lowest BCUT2D eigenvalue weighted by Crippen LogP contribution is -2.37. The minimum absolute atomic E-state index is 0.0375. The molecule has 2 aliphatic heterocycles. The van der Waals surface area contributed by atoms with Gasteiger partial charge in [-0.3, -0.25) is 4.79 Å². The van der Waals surface area contributed by atoms with Crippen molar-refractivity contribution in [2.24, 2.45) is 5.10 Å². The monoisotopic (exact) mass is 387 g/mol. The van der Waals surface area contributed by atoms with Crippen LogP contribution in [0.15, 0.2) is 81.1 Å². The summed E-state index contributed by atoms with van der Waals surface area (Å²) in [7, 11) is 0. The number of fused-ring (bicyclic) bond motifs is 1. The van der Waals surface area contributed by atoms with Crippen LogP contribution in [-0.4, -0.2) is 29.7 Å². The molecule has 4 heterocycles. The Labute approximate surface area is 168 Å². The summed E-state index contributed by atoms with van der Waals surface area (Å²) in [6, 6.07) is 15.5. The Bertz CT molecular complexity index is 1050. The zero-order valence-corrected chi connectivity index (χ0v) is 15.9. The summed E-state index contributed by atoms with van der Waals surface area (Å²) in [6.07, 6.45) is 8.59. The van der Waals surface area contributed by atoms with Crippen molar-refractivity contribution in [3.63, 3.8) is 0 Å². The summed E-state index contributed by atoms with van der Waals surface area (Å²) in [4.78, 5) is 15.3. The van der Waals surface area contributed by atoms with Crippen molar-refractivity contribution in [2.45, 2.75) is 18.9 Å². The van der Waals surface area contributed by atoms with Crippen LogP contribution in [0.4, 0.5) is 5.69 Å². The van der Waals surface area contributed by atoms with Crippen molar-refractivity contribution in [3.8, 4) is 0 Å².